The van der Waals surface area contributed by atoms with Gasteiger partial charge in [0.1, 0.15) is 5.76 Å². The van der Waals surface area contributed by atoms with E-state index in [4.69, 9.17) is 14.8 Å². The number of carboxylic acids is 1. The summed E-state index contributed by atoms with van der Waals surface area (Å²) in [6, 6.07) is 8.64. The summed E-state index contributed by atoms with van der Waals surface area (Å²) in [5.74, 6) is -0.859. The molecule has 1 heterocycles. The smallest absolute Gasteiger partial charge is 0.371 e. The van der Waals surface area contributed by atoms with Crippen LogP contribution in [0.1, 0.15) is 27.2 Å². The standard InChI is InChI=1S/C14H11NO3/c1-8-5-10(7-15)11(6-9(8)2)12-3-4-13(18-12)14(16)17/h3-6H,1-2H3,(H,16,17). The van der Waals surface area contributed by atoms with E-state index in [2.05, 4.69) is 6.07 Å². The SMILES string of the molecule is Cc1cc(C#N)c(-c2ccc(C(=O)O)o2)cc1C. The zero-order chi connectivity index (χ0) is 13.3. The van der Waals surface area contributed by atoms with Crippen LogP contribution < -0.4 is 0 Å². The molecule has 0 spiro atoms. The maximum atomic E-state index is 10.8. The summed E-state index contributed by atoms with van der Waals surface area (Å²) in [6.45, 7) is 3.85. The summed E-state index contributed by atoms with van der Waals surface area (Å²) in [5.41, 5.74) is 3.13. The van der Waals surface area contributed by atoms with Crippen LogP contribution in [0.5, 0.6) is 0 Å². The molecule has 0 aliphatic rings. The van der Waals surface area contributed by atoms with Gasteiger partial charge in [0.15, 0.2) is 0 Å². The van der Waals surface area contributed by atoms with E-state index < -0.39 is 5.97 Å². The van der Waals surface area contributed by atoms with Crippen LogP contribution in [0.25, 0.3) is 11.3 Å². The van der Waals surface area contributed by atoms with Crippen molar-refractivity contribution in [1.29, 1.82) is 5.26 Å². The van der Waals surface area contributed by atoms with Crippen LogP contribution in [0.15, 0.2) is 28.7 Å². The number of hydrogen-bond acceptors (Lipinski definition) is 3. The first-order chi connectivity index (χ1) is 8.52. The van der Waals surface area contributed by atoms with Gasteiger partial charge in [-0.1, -0.05) is 0 Å². The third kappa shape index (κ3) is 1.98. The molecule has 0 aliphatic carbocycles. The molecule has 0 atom stereocenters. The normalized spacial score (nSPS) is 10.1. The fraction of sp³-hybridized carbons (Fsp3) is 0.143. The van der Waals surface area contributed by atoms with Crippen LogP contribution in [0.4, 0.5) is 0 Å². The first kappa shape index (κ1) is 11.9. The van der Waals surface area contributed by atoms with Gasteiger partial charge in [-0.15, -0.1) is 0 Å². The number of rotatable bonds is 2. The van der Waals surface area contributed by atoms with Crippen molar-refractivity contribution in [2.24, 2.45) is 0 Å². The molecule has 0 fully saturated rings. The highest BCUT2D eigenvalue weighted by Crippen LogP contribution is 2.28. The molecule has 0 saturated carbocycles. The third-order valence-electron chi connectivity index (χ3n) is 2.84. The van der Waals surface area contributed by atoms with Crippen LogP contribution in [0.3, 0.4) is 0 Å². The maximum Gasteiger partial charge on any atom is 0.371 e. The molecule has 4 nitrogen and oxygen atoms in total. The molecule has 1 N–H and O–H groups in total. The summed E-state index contributed by atoms with van der Waals surface area (Å²) < 4.78 is 5.22. The molecular formula is C14H11NO3. The molecule has 18 heavy (non-hydrogen) atoms. The quantitative estimate of drug-likeness (QED) is 0.876. The molecule has 2 rings (SSSR count). The minimum atomic E-state index is -1.12. The number of hydrogen-bond donors (Lipinski definition) is 1. The first-order valence-electron chi connectivity index (χ1n) is 5.37. The molecule has 2 aromatic rings. The van der Waals surface area contributed by atoms with Crippen molar-refractivity contribution in [2.45, 2.75) is 13.8 Å². The molecule has 0 radical (unpaired) electrons. The number of nitrogens with zero attached hydrogens (tertiary/aromatic N) is 1. The molecule has 0 amide bonds. The molecule has 4 heteroatoms. The van der Waals surface area contributed by atoms with Gasteiger partial charge in [0.05, 0.1) is 11.6 Å². The lowest BCUT2D eigenvalue weighted by Crippen LogP contribution is -1.92. The van der Waals surface area contributed by atoms with E-state index in [1.165, 1.54) is 6.07 Å². The van der Waals surface area contributed by atoms with Crippen LogP contribution in [-0.2, 0) is 0 Å². The Bertz CT molecular complexity index is 662. The van der Waals surface area contributed by atoms with E-state index in [1.54, 1.807) is 12.1 Å². The molecule has 0 unspecified atom stereocenters. The van der Waals surface area contributed by atoms with Crippen molar-refractivity contribution in [3.63, 3.8) is 0 Å². The van der Waals surface area contributed by atoms with Gasteiger partial charge in [0.2, 0.25) is 5.76 Å². The Morgan fingerprint density at radius 2 is 1.94 bits per heavy atom. The Hall–Kier alpha value is -2.54. The Morgan fingerprint density at radius 3 is 2.50 bits per heavy atom. The number of benzene rings is 1. The lowest BCUT2D eigenvalue weighted by molar-refractivity contribution is 0.0663. The van der Waals surface area contributed by atoms with E-state index in [-0.39, 0.29) is 5.76 Å². The van der Waals surface area contributed by atoms with Crippen molar-refractivity contribution in [3.8, 4) is 17.4 Å². The van der Waals surface area contributed by atoms with Crippen LogP contribution in [-0.4, -0.2) is 11.1 Å². The van der Waals surface area contributed by atoms with Gasteiger partial charge in [-0.05, 0) is 49.2 Å². The van der Waals surface area contributed by atoms with Crippen molar-refractivity contribution in [1.82, 2.24) is 0 Å². The van der Waals surface area contributed by atoms with Crippen molar-refractivity contribution < 1.29 is 14.3 Å². The Balaban J connectivity index is 2.59. The number of carboxylic acid groups (broad SMARTS) is 1. The molecule has 1 aromatic carbocycles. The zero-order valence-electron chi connectivity index (χ0n) is 10.0. The Morgan fingerprint density at radius 1 is 1.28 bits per heavy atom. The second-order valence-electron chi connectivity index (χ2n) is 4.06. The maximum absolute atomic E-state index is 10.8. The van der Waals surface area contributed by atoms with E-state index in [9.17, 15) is 4.79 Å². The van der Waals surface area contributed by atoms with Gasteiger partial charge in [0.25, 0.3) is 0 Å². The highest BCUT2D eigenvalue weighted by molar-refractivity contribution is 5.85. The van der Waals surface area contributed by atoms with E-state index in [1.807, 2.05) is 19.9 Å². The summed E-state index contributed by atoms with van der Waals surface area (Å²) in [4.78, 5) is 10.8. The Labute approximate surface area is 104 Å². The minimum absolute atomic E-state index is 0.132. The fourth-order valence-electron chi connectivity index (χ4n) is 1.71. The molecular weight excluding hydrogens is 230 g/mol. The number of carbonyl (C=O) groups is 1. The topological polar surface area (TPSA) is 74.2 Å². The van der Waals surface area contributed by atoms with Gasteiger partial charge >= 0.3 is 5.97 Å². The first-order valence-corrected chi connectivity index (χ1v) is 5.37. The summed E-state index contributed by atoms with van der Waals surface area (Å²) in [7, 11) is 0. The van der Waals surface area contributed by atoms with E-state index in [0.29, 0.717) is 16.9 Å². The summed E-state index contributed by atoms with van der Waals surface area (Å²) in [6.07, 6.45) is 0. The molecule has 0 aliphatic heterocycles. The predicted molar refractivity (Wildman–Crippen MR) is 65.3 cm³/mol. The van der Waals surface area contributed by atoms with Gasteiger partial charge in [-0.3, -0.25) is 0 Å². The number of furan rings is 1. The molecule has 0 bridgehead atoms. The molecule has 1 aromatic heterocycles. The third-order valence-corrected chi connectivity index (χ3v) is 2.84. The van der Waals surface area contributed by atoms with E-state index in [0.717, 1.165) is 11.1 Å². The van der Waals surface area contributed by atoms with Gasteiger partial charge in [0, 0.05) is 5.56 Å². The Kier molecular flexibility index (Phi) is 2.90. The highest BCUT2D eigenvalue weighted by Gasteiger charge is 2.14. The number of nitriles is 1. The van der Waals surface area contributed by atoms with Crippen LogP contribution in [0.2, 0.25) is 0 Å². The van der Waals surface area contributed by atoms with Crippen molar-refractivity contribution in [3.05, 3.63) is 46.7 Å². The zero-order valence-corrected chi connectivity index (χ0v) is 10.0. The molecule has 90 valence electrons. The summed E-state index contributed by atoms with van der Waals surface area (Å²) >= 11 is 0. The molecule has 0 saturated heterocycles. The van der Waals surface area contributed by atoms with Gasteiger partial charge in [-0.2, -0.15) is 5.26 Å². The number of aryl methyl sites for hydroxylation is 2. The van der Waals surface area contributed by atoms with Crippen molar-refractivity contribution >= 4 is 5.97 Å². The largest absolute Gasteiger partial charge is 0.475 e. The lowest BCUT2D eigenvalue weighted by atomic mass is 9.99. The van der Waals surface area contributed by atoms with E-state index >= 15 is 0 Å². The average Bonchev–Trinajstić information content (AvgIpc) is 2.81. The monoisotopic (exact) mass is 241 g/mol. The van der Waals surface area contributed by atoms with Gasteiger partial charge in [-0.25, -0.2) is 4.79 Å². The minimum Gasteiger partial charge on any atom is -0.475 e. The predicted octanol–water partition coefficient (Wildman–Crippen LogP) is 3.13. The lowest BCUT2D eigenvalue weighted by Gasteiger charge is -2.05. The summed E-state index contributed by atoms with van der Waals surface area (Å²) in [5, 5.41) is 17.9. The second-order valence-corrected chi connectivity index (χ2v) is 4.06. The number of aromatic carboxylic acids is 1. The van der Waals surface area contributed by atoms with Gasteiger partial charge < -0.3 is 9.52 Å². The second kappa shape index (κ2) is 4.38. The van der Waals surface area contributed by atoms with Crippen molar-refractivity contribution in [2.75, 3.05) is 0 Å². The van der Waals surface area contributed by atoms with Crippen LogP contribution in [0, 0.1) is 25.2 Å². The average molecular weight is 241 g/mol. The fourth-order valence-corrected chi connectivity index (χ4v) is 1.71. The van der Waals surface area contributed by atoms with Crippen LogP contribution >= 0.6 is 0 Å². The highest BCUT2D eigenvalue weighted by atomic mass is 16.4.